The first-order valence-electron chi connectivity index (χ1n) is 7.83. The zero-order chi connectivity index (χ0) is 15.1. The molecule has 20 heavy (non-hydrogen) atoms. The van der Waals surface area contributed by atoms with Crippen LogP contribution in [-0.2, 0) is 0 Å². The summed E-state index contributed by atoms with van der Waals surface area (Å²) in [6.45, 7) is 12.6. The van der Waals surface area contributed by atoms with Gasteiger partial charge in [0.2, 0.25) is 0 Å². The topological polar surface area (TPSA) is 12.9 Å². The van der Waals surface area contributed by atoms with Gasteiger partial charge in [0.25, 0.3) is 0 Å². The molecule has 0 spiro atoms. The van der Waals surface area contributed by atoms with E-state index in [2.05, 4.69) is 49.2 Å². The Hall–Kier alpha value is -1.63. The third-order valence-corrected chi connectivity index (χ3v) is 3.79. The van der Waals surface area contributed by atoms with Crippen molar-refractivity contribution in [1.29, 1.82) is 0 Å². The van der Waals surface area contributed by atoms with Crippen molar-refractivity contribution in [3.63, 3.8) is 0 Å². The van der Waals surface area contributed by atoms with Gasteiger partial charge >= 0.3 is 0 Å². The summed E-state index contributed by atoms with van der Waals surface area (Å²) >= 11 is 0. The molecule has 2 aromatic rings. The van der Waals surface area contributed by atoms with E-state index in [1.54, 1.807) is 0 Å². The normalized spacial score (nSPS) is 18.5. The zero-order valence-electron chi connectivity index (χ0n) is 13.6. The van der Waals surface area contributed by atoms with Gasteiger partial charge in [-0.3, -0.25) is 4.98 Å². The van der Waals surface area contributed by atoms with Crippen molar-refractivity contribution < 1.29 is 0 Å². The van der Waals surface area contributed by atoms with Crippen LogP contribution in [0.1, 0.15) is 64.5 Å². The lowest BCUT2D eigenvalue weighted by atomic mass is 9.75. The molecule has 1 aliphatic rings. The monoisotopic (exact) mass is 269 g/mol. The molecule has 1 heteroatoms. The van der Waals surface area contributed by atoms with E-state index >= 15 is 0 Å². The van der Waals surface area contributed by atoms with Crippen LogP contribution in [0.25, 0.3) is 11.3 Å². The molecule has 0 aliphatic heterocycles. The molecule has 1 aromatic carbocycles. The van der Waals surface area contributed by atoms with E-state index in [0.29, 0.717) is 11.8 Å². The second-order valence-electron chi connectivity index (χ2n) is 4.61. The summed E-state index contributed by atoms with van der Waals surface area (Å²) in [5.41, 5.74) is 5.29. The average Bonchev–Trinajstić information content (AvgIpc) is 2.56. The first-order valence-corrected chi connectivity index (χ1v) is 7.83. The maximum atomic E-state index is 4.55. The smallest absolute Gasteiger partial charge is 0.0739 e. The lowest BCUT2D eigenvalue weighted by molar-refractivity contribution is 0.613. The second kappa shape index (κ2) is 7.84. The summed E-state index contributed by atoms with van der Waals surface area (Å²) in [5.74, 6) is 1.13. The minimum atomic E-state index is 0.554. The van der Waals surface area contributed by atoms with Gasteiger partial charge in [-0.15, -0.1) is 0 Å². The molecule has 0 N–H and O–H groups in total. The van der Waals surface area contributed by atoms with Crippen molar-refractivity contribution in [2.45, 2.75) is 53.4 Å². The second-order valence-corrected chi connectivity index (χ2v) is 4.61. The van der Waals surface area contributed by atoms with Crippen LogP contribution in [0.3, 0.4) is 0 Å². The number of rotatable bonds is 0. The molecule has 0 bridgehead atoms. The van der Waals surface area contributed by atoms with Crippen LogP contribution >= 0.6 is 0 Å². The fraction of sp³-hybridized carbons (Fsp3) is 0.421. The van der Waals surface area contributed by atoms with E-state index in [0.717, 1.165) is 0 Å². The Morgan fingerprint density at radius 1 is 0.750 bits per heavy atom. The molecule has 2 atom stereocenters. The number of pyridine rings is 1. The number of hydrogen-bond acceptors (Lipinski definition) is 1. The van der Waals surface area contributed by atoms with Gasteiger partial charge in [0.15, 0.2) is 0 Å². The molecular weight excluding hydrogens is 242 g/mol. The summed E-state index contributed by atoms with van der Waals surface area (Å²) in [7, 11) is 0. The van der Waals surface area contributed by atoms with Gasteiger partial charge in [0.05, 0.1) is 5.69 Å². The van der Waals surface area contributed by atoms with Gasteiger partial charge in [0, 0.05) is 11.8 Å². The van der Waals surface area contributed by atoms with Crippen LogP contribution in [0, 0.1) is 0 Å². The number of benzene rings is 1. The summed E-state index contributed by atoms with van der Waals surface area (Å²) in [5, 5.41) is 0. The van der Waals surface area contributed by atoms with E-state index in [-0.39, 0.29) is 0 Å². The van der Waals surface area contributed by atoms with Gasteiger partial charge in [-0.25, -0.2) is 0 Å². The Balaban J connectivity index is 0.000000461. The SMILES string of the molecule is CC.CC.CC1c2ccccc2-c2ncccc2C1C. The summed E-state index contributed by atoms with van der Waals surface area (Å²) < 4.78 is 0. The van der Waals surface area contributed by atoms with Crippen molar-refractivity contribution in [3.8, 4) is 11.3 Å². The zero-order valence-corrected chi connectivity index (χ0v) is 13.6. The Morgan fingerprint density at radius 3 is 2.00 bits per heavy atom. The average molecular weight is 269 g/mol. The van der Waals surface area contributed by atoms with E-state index in [1.807, 2.05) is 40.0 Å². The Labute approximate surface area is 124 Å². The van der Waals surface area contributed by atoms with Crippen LogP contribution in [0.2, 0.25) is 0 Å². The van der Waals surface area contributed by atoms with Crippen molar-refractivity contribution >= 4 is 0 Å². The largest absolute Gasteiger partial charge is 0.256 e. The maximum absolute atomic E-state index is 4.55. The summed E-state index contributed by atoms with van der Waals surface area (Å²) in [6, 6.07) is 12.9. The van der Waals surface area contributed by atoms with Gasteiger partial charge in [-0.1, -0.05) is 71.9 Å². The van der Waals surface area contributed by atoms with Crippen molar-refractivity contribution in [3.05, 3.63) is 53.7 Å². The van der Waals surface area contributed by atoms with Crippen LogP contribution in [0.5, 0.6) is 0 Å². The molecule has 3 rings (SSSR count). The predicted molar refractivity (Wildman–Crippen MR) is 89.2 cm³/mol. The van der Waals surface area contributed by atoms with Crippen LogP contribution in [0.4, 0.5) is 0 Å². The number of hydrogen-bond donors (Lipinski definition) is 0. The molecule has 1 heterocycles. The molecule has 0 saturated heterocycles. The van der Waals surface area contributed by atoms with Gasteiger partial charge in [0.1, 0.15) is 0 Å². The highest BCUT2D eigenvalue weighted by Gasteiger charge is 2.27. The summed E-state index contributed by atoms with van der Waals surface area (Å²) in [6.07, 6.45) is 1.89. The number of nitrogens with zero attached hydrogens (tertiary/aromatic N) is 1. The molecule has 0 amide bonds. The molecule has 2 unspecified atom stereocenters. The number of aromatic nitrogens is 1. The quantitative estimate of drug-likeness (QED) is 0.569. The maximum Gasteiger partial charge on any atom is 0.0739 e. The third kappa shape index (κ3) is 2.92. The fourth-order valence-corrected chi connectivity index (χ4v) is 2.66. The third-order valence-electron chi connectivity index (χ3n) is 3.79. The Kier molecular flexibility index (Phi) is 6.44. The molecule has 1 nitrogen and oxygen atoms in total. The molecule has 108 valence electrons. The highest BCUT2D eigenvalue weighted by Crippen LogP contribution is 2.44. The van der Waals surface area contributed by atoms with Gasteiger partial charge in [-0.05, 0) is 29.0 Å². The van der Waals surface area contributed by atoms with E-state index in [9.17, 15) is 0 Å². The Morgan fingerprint density at radius 2 is 1.30 bits per heavy atom. The first-order chi connectivity index (χ1) is 9.79. The van der Waals surface area contributed by atoms with Crippen LogP contribution < -0.4 is 0 Å². The lowest BCUT2D eigenvalue weighted by Gasteiger charge is -2.30. The summed E-state index contributed by atoms with van der Waals surface area (Å²) in [4.78, 5) is 4.55. The molecule has 0 saturated carbocycles. The minimum Gasteiger partial charge on any atom is -0.256 e. The highest BCUT2D eigenvalue weighted by molar-refractivity contribution is 5.71. The molecule has 1 aromatic heterocycles. The van der Waals surface area contributed by atoms with Crippen molar-refractivity contribution in [2.24, 2.45) is 0 Å². The van der Waals surface area contributed by atoms with Crippen LogP contribution in [0.15, 0.2) is 42.6 Å². The van der Waals surface area contributed by atoms with Crippen LogP contribution in [-0.4, -0.2) is 4.98 Å². The van der Waals surface area contributed by atoms with Crippen molar-refractivity contribution in [1.82, 2.24) is 4.98 Å². The molecule has 0 fully saturated rings. The molecular formula is C19H27N. The standard InChI is InChI=1S/C15H15N.2C2H6/c1-10-11(2)13-8-5-9-16-15(13)14-7-4-3-6-12(10)14;2*1-2/h3-11H,1-2H3;2*1-2H3. The predicted octanol–water partition coefficient (Wildman–Crippen LogP) is 6.02. The van der Waals surface area contributed by atoms with E-state index < -0.39 is 0 Å². The molecule has 0 radical (unpaired) electrons. The van der Waals surface area contributed by atoms with Crippen molar-refractivity contribution in [2.75, 3.05) is 0 Å². The van der Waals surface area contributed by atoms with Gasteiger partial charge in [-0.2, -0.15) is 0 Å². The number of fused-ring (bicyclic) bond motifs is 3. The lowest BCUT2D eigenvalue weighted by Crippen LogP contribution is -2.13. The molecule has 1 aliphatic carbocycles. The first kappa shape index (κ1) is 16.4. The van der Waals surface area contributed by atoms with E-state index in [4.69, 9.17) is 0 Å². The highest BCUT2D eigenvalue weighted by atomic mass is 14.7. The van der Waals surface area contributed by atoms with Gasteiger partial charge < -0.3 is 0 Å². The fourth-order valence-electron chi connectivity index (χ4n) is 2.66. The van der Waals surface area contributed by atoms with E-state index in [1.165, 1.54) is 22.4 Å². The Bertz CT molecular complexity index is 481. The minimum absolute atomic E-state index is 0.554.